The van der Waals surface area contributed by atoms with Crippen molar-refractivity contribution in [1.29, 1.82) is 0 Å². The fourth-order valence-corrected chi connectivity index (χ4v) is 2.31. The highest BCUT2D eigenvalue weighted by molar-refractivity contribution is 5.78. The second-order valence-corrected chi connectivity index (χ2v) is 4.77. The minimum atomic E-state index is -2.63. The number of alkyl halides is 2. The Morgan fingerprint density at radius 3 is 3.11 bits per heavy atom. The van der Waals surface area contributed by atoms with Crippen LogP contribution in [0.25, 0.3) is 0 Å². The van der Waals surface area contributed by atoms with Crippen molar-refractivity contribution in [3.05, 3.63) is 18.2 Å². The van der Waals surface area contributed by atoms with Crippen LogP contribution in [-0.2, 0) is 11.3 Å². The Hall–Kier alpha value is -1.50. The van der Waals surface area contributed by atoms with Gasteiger partial charge in [0.15, 0.2) is 0 Å². The smallest absolute Gasteiger partial charge is 0.319 e. The summed E-state index contributed by atoms with van der Waals surface area (Å²) in [6, 6.07) is 0. The molecule has 2 heterocycles. The molecule has 2 rings (SSSR count). The van der Waals surface area contributed by atoms with Crippen LogP contribution in [0, 0.1) is 5.92 Å². The molecule has 7 heteroatoms. The largest absolute Gasteiger partial charge is 0.338 e. The minimum absolute atomic E-state index is 0.0176. The molecule has 1 saturated heterocycles. The third-order valence-corrected chi connectivity index (χ3v) is 3.36. The lowest BCUT2D eigenvalue weighted by molar-refractivity contribution is -0.135. The summed E-state index contributed by atoms with van der Waals surface area (Å²) in [5.74, 6) is 0.124. The number of imidazole rings is 1. The van der Waals surface area contributed by atoms with Gasteiger partial charge in [0.25, 0.3) is 0 Å². The number of piperidine rings is 1. The molecule has 1 aromatic heterocycles. The molecule has 0 radical (unpaired) electrons. The number of rotatable bonds is 4. The lowest BCUT2D eigenvalue weighted by Gasteiger charge is -2.26. The third-order valence-electron chi connectivity index (χ3n) is 3.36. The van der Waals surface area contributed by atoms with E-state index in [0.29, 0.717) is 6.54 Å². The van der Waals surface area contributed by atoms with Crippen molar-refractivity contribution in [2.24, 2.45) is 5.92 Å². The summed E-state index contributed by atoms with van der Waals surface area (Å²) in [7, 11) is 1.63. The van der Waals surface area contributed by atoms with Gasteiger partial charge in [-0.3, -0.25) is 9.36 Å². The average molecular weight is 272 g/mol. The molecule has 5 nitrogen and oxygen atoms in total. The van der Waals surface area contributed by atoms with E-state index in [-0.39, 0.29) is 24.2 Å². The van der Waals surface area contributed by atoms with Crippen molar-refractivity contribution in [3.8, 4) is 0 Å². The zero-order valence-corrected chi connectivity index (χ0v) is 10.9. The third kappa shape index (κ3) is 3.28. The first-order valence-electron chi connectivity index (χ1n) is 6.35. The van der Waals surface area contributed by atoms with Gasteiger partial charge in [-0.25, -0.2) is 4.98 Å². The van der Waals surface area contributed by atoms with E-state index in [1.807, 2.05) is 0 Å². The maximum atomic E-state index is 12.7. The van der Waals surface area contributed by atoms with Gasteiger partial charge in [0.1, 0.15) is 5.82 Å². The first kappa shape index (κ1) is 13.9. The molecular formula is C12H18F2N4O. The number of hydrogen-bond acceptors (Lipinski definition) is 3. The van der Waals surface area contributed by atoms with Crippen molar-refractivity contribution in [2.75, 3.05) is 20.1 Å². The fraction of sp³-hybridized carbons (Fsp3) is 0.667. The van der Waals surface area contributed by atoms with E-state index in [4.69, 9.17) is 0 Å². The molecular weight excluding hydrogens is 254 g/mol. The average Bonchev–Trinajstić information content (AvgIpc) is 2.87. The zero-order valence-electron chi connectivity index (χ0n) is 10.9. The molecule has 1 amide bonds. The zero-order chi connectivity index (χ0) is 13.8. The van der Waals surface area contributed by atoms with E-state index in [0.717, 1.165) is 24.0 Å². The molecule has 0 bridgehead atoms. The first-order chi connectivity index (χ1) is 9.09. The SMILES string of the molecule is CN(Cc1nccn1C(F)F)C(=O)C1CCCNC1. The van der Waals surface area contributed by atoms with Crippen LogP contribution in [0.2, 0.25) is 0 Å². The summed E-state index contributed by atoms with van der Waals surface area (Å²) < 4.78 is 26.1. The van der Waals surface area contributed by atoms with E-state index in [2.05, 4.69) is 10.3 Å². The summed E-state index contributed by atoms with van der Waals surface area (Å²) in [5, 5.41) is 3.17. The van der Waals surface area contributed by atoms with Gasteiger partial charge in [0, 0.05) is 26.0 Å². The summed E-state index contributed by atoms with van der Waals surface area (Å²) in [6.07, 6.45) is 4.36. The second kappa shape index (κ2) is 6.10. The van der Waals surface area contributed by atoms with E-state index < -0.39 is 6.55 Å². The number of nitrogens with one attached hydrogen (secondary N) is 1. The predicted octanol–water partition coefficient (Wildman–Crippen LogP) is 1.24. The normalized spacial score (nSPS) is 19.7. The molecule has 19 heavy (non-hydrogen) atoms. The van der Waals surface area contributed by atoms with Gasteiger partial charge in [-0.15, -0.1) is 0 Å². The molecule has 106 valence electrons. The second-order valence-electron chi connectivity index (χ2n) is 4.77. The Morgan fingerprint density at radius 1 is 1.68 bits per heavy atom. The summed E-state index contributed by atoms with van der Waals surface area (Å²) in [5.41, 5.74) is 0. The van der Waals surface area contributed by atoms with Crippen molar-refractivity contribution in [1.82, 2.24) is 19.8 Å². The van der Waals surface area contributed by atoms with Crippen molar-refractivity contribution in [3.63, 3.8) is 0 Å². The molecule has 1 aromatic rings. The molecule has 1 aliphatic heterocycles. The van der Waals surface area contributed by atoms with Gasteiger partial charge in [-0.05, 0) is 19.4 Å². The lowest BCUT2D eigenvalue weighted by Crippen LogP contribution is -2.41. The Labute approximate surface area is 110 Å². The predicted molar refractivity (Wildman–Crippen MR) is 65.5 cm³/mol. The number of halogens is 2. The Kier molecular flexibility index (Phi) is 4.47. The maximum absolute atomic E-state index is 12.7. The van der Waals surface area contributed by atoms with Crippen LogP contribution >= 0.6 is 0 Å². The van der Waals surface area contributed by atoms with Gasteiger partial charge in [-0.2, -0.15) is 8.78 Å². The van der Waals surface area contributed by atoms with Crippen LogP contribution in [0.15, 0.2) is 12.4 Å². The number of aromatic nitrogens is 2. The molecule has 0 saturated carbocycles. The van der Waals surface area contributed by atoms with Crippen LogP contribution < -0.4 is 5.32 Å². The van der Waals surface area contributed by atoms with Crippen molar-refractivity contribution < 1.29 is 13.6 Å². The molecule has 1 fully saturated rings. The molecule has 1 atom stereocenters. The summed E-state index contributed by atoms with van der Waals surface area (Å²) in [4.78, 5) is 17.5. The van der Waals surface area contributed by atoms with Crippen LogP contribution in [0.4, 0.5) is 8.78 Å². The van der Waals surface area contributed by atoms with E-state index in [1.165, 1.54) is 17.3 Å². The highest BCUT2D eigenvalue weighted by Gasteiger charge is 2.25. The highest BCUT2D eigenvalue weighted by Crippen LogP contribution is 2.16. The van der Waals surface area contributed by atoms with Crippen LogP contribution in [0.5, 0.6) is 0 Å². The van der Waals surface area contributed by atoms with Crippen LogP contribution in [0.3, 0.4) is 0 Å². The van der Waals surface area contributed by atoms with Gasteiger partial charge in [0.05, 0.1) is 12.5 Å². The minimum Gasteiger partial charge on any atom is -0.338 e. The topological polar surface area (TPSA) is 50.2 Å². The monoisotopic (exact) mass is 272 g/mol. The number of hydrogen-bond donors (Lipinski definition) is 1. The number of nitrogens with zero attached hydrogens (tertiary/aromatic N) is 3. The molecule has 0 spiro atoms. The summed E-state index contributed by atoms with van der Waals surface area (Å²) in [6.45, 7) is -0.931. The number of carbonyl (C=O) groups excluding carboxylic acids is 1. The molecule has 1 aliphatic rings. The van der Waals surface area contributed by atoms with Crippen LogP contribution in [0.1, 0.15) is 25.2 Å². The molecule has 0 aliphatic carbocycles. The molecule has 0 aromatic carbocycles. The first-order valence-corrected chi connectivity index (χ1v) is 6.35. The fourth-order valence-electron chi connectivity index (χ4n) is 2.31. The highest BCUT2D eigenvalue weighted by atomic mass is 19.3. The Balaban J connectivity index is 1.97. The maximum Gasteiger partial charge on any atom is 0.319 e. The van der Waals surface area contributed by atoms with E-state index >= 15 is 0 Å². The Bertz CT molecular complexity index is 429. The molecule has 1 unspecified atom stereocenters. The molecule has 1 N–H and O–H groups in total. The van der Waals surface area contributed by atoms with Gasteiger partial charge < -0.3 is 10.2 Å². The van der Waals surface area contributed by atoms with Crippen LogP contribution in [-0.4, -0.2) is 40.5 Å². The van der Waals surface area contributed by atoms with E-state index in [1.54, 1.807) is 7.05 Å². The Morgan fingerprint density at radius 2 is 2.47 bits per heavy atom. The quantitative estimate of drug-likeness (QED) is 0.897. The van der Waals surface area contributed by atoms with Crippen molar-refractivity contribution >= 4 is 5.91 Å². The van der Waals surface area contributed by atoms with E-state index in [9.17, 15) is 13.6 Å². The summed E-state index contributed by atoms with van der Waals surface area (Å²) >= 11 is 0. The van der Waals surface area contributed by atoms with Gasteiger partial charge in [-0.1, -0.05) is 0 Å². The van der Waals surface area contributed by atoms with Crippen molar-refractivity contribution in [2.45, 2.75) is 25.9 Å². The number of amides is 1. The standard InChI is InChI=1S/C12H18F2N4O/c1-17(11(19)9-3-2-4-15-7-9)8-10-16-5-6-18(10)12(13)14/h5-6,9,12,15H,2-4,7-8H2,1H3. The number of carbonyl (C=O) groups is 1. The van der Waals surface area contributed by atoms with Gasteiger partial charge >= 0.3 is 6.55 Å². The lowest BCUT2D eigenvalue weighted by atomic mass is 9.98. The van der Waals surface area contributed by atoms with Gasteiger partial charge in [0.2, 0.25) is 5.91 Å².